The fourth-order valence-electron chi connectivity index (χ4n) is 2.03. The number of esters is 2. The van der Waals surface area contributed by atoms with Crippen LogP contribution in [0.5, 0.6) is 0 Å². The molecular formula is C13H23NO4. The molecule has 0 aromatic rings. The van der Waals surface area contributed by atoms with Gasteiger partial charge in [0.1, 0.15) is 11.6 Å². The third kappa shape index (κ3) is 4.64. The molecule has 1 fully saturated rings. The van der Waals surface area contributed by atoms with E-state index in [-0.39, 0.29) is 18.4 Å². The van der Waals surface area contributed by atoms with E-state index in [9.17, 15) is 9.59 Å². The summed E-state index contributed by atoms with van der Waals surface area (Å²) in [5.41, 5.74) is -0.537. The van der Waals surface area contributed by atoms with Gasteiger partial charge in [-0.05, 0) is 46.7 Å². The van der Waals surface area contributed by atoms with E-state index in [0.717, 1.165) is 25.9 Å². The van der Waals surface area contributed by atoms with Gasteiger partial charge in [-0.2, -0.15) is 0 Å². The molecule has 0 amide bonds. The lowest BCUT2D eigenvalue weighted by Crippen LogP contribution is -2.44. The van der Waals surface area contributed by atoms with Crippen LogP contribution >= 0.6 is 0 Å². The molecule has 0 unspecified atom stereocenters. The van der Waals surface area contributed by atoms with Crippen LogP contribution in [0.15, 0.2) is 0 Å². The quantitative estimate of drug-likeness (QED) is 0.712. The first kappa shape index (κ1) is 15.0. The zero-order valence-corrected chi connectivity index (χ0v) is 11.7. The Labute approximate surface area is 108 Å². The Morgan fingerprint density at radius 2 is 1.78 bits per heavy atom. The third-order valence-corrected chi connectivity index (χ3v) is 2.85. The third-order valence-electron chi connectivity index (χ3n) is 2.85. The summed E-state index contributed by atoms with van der Waals surface area (Å²) in [5, 5.41) is 0. The molecule has 0 aromatic carbocycles. The Bertz CT molecular complexity index is 303. The largest absolute Gasteiger partial charge is 0.469 e. The van der Waals surface area contributed by atoms with Gasteiger partial charge in [0.2, 0.25) is 0 Å². The van der Waals surface area contributed by atoms with Gasteiger partial charge in [-0.25, -0.2) is 0 Å². The van der Waals surface area contributed by atoms with E-state index < -0.39 is 11.6 Å². The smallest absolute Gasteiger partial charge is 0.324 e. The van der Waals surface area contributed by atoms with Crippen LogP contribution in [0.1, 0.15) is 40.0 Å². The highest BCUT2D eigenvalue weighted by Gasteiger charge is 2.33. The summed E-state index contributed by atoms with van der Waals surface area (Å²) >= 11 is 0. The van der Waals surface area contributed by atoms with Crippen LogP contribution in [-0.4, -0.2) is 48.7 Å². The van der Waals surface area contributed by atoms with Crippen molar-refractivity contribution in [2.75, 3.05) is 20.2 Å². The minimum Gasteiger partial charge on any atom is -0.469 e. The molecule has 5 heteroatoms. The maximum Gasteiger partial charge on any atom is 0.324 e. The van der Waals surface area contributed by atoms with Crippen LogP contribution < -0.4 is 0 Å². The maximum atomic E-state index is 12.1. The molecule has 0 N–H and O–H groups in total. The van der Waals surface area contributed by atoms with Crippen LogP contribution in [0.3, 0.4) is 0 Å². The van der Waals surface area contributed by atoms with Crippen molar-refractivity contribution in [3.8, 4) is 0 Å². The molecule has 0 aromatic heterocycles. The highest BCUT2D eigenvalue weighted by atomic mass is 16.6. The first-order chi connectivity index (χ1) is 8.33. The van der Waals surface area contributed by atoms with Gasteiger partial charge in [0.25, 0.3) is 0 Å². The second-order valence-electron chi connectivity index (χ2n) is 5.57. The van der Waals surface area contributed by atoms with Crippen LogP contribution in [0.4, 0.5) is 0 Å². The topological polar surface area (TPSA) is 55.8 Å². The number of methoxy groups -OCH3 is 1. The van der Waals surface area contributed by atoms with E-state index in [4.69, 9.17) is 4.74 Å². The number of ether oxygens (including phenoxy) is 2. The van der Waals surface area contributed by atoms with Crippen LogP contribution in [0.25, 0.3) is 0 Å². The molecule has 1 heterocycles. The van der Waals surface area contributed by atoms with E-state index in [1.54, 1.807) is 0 Å². The first-order valence-corrected chi connectivity index (χ1v) is 6.37. The highest BCUT2D eigenvalue weighted by molar-refractivity contribution is 5.83. The molecule has 1 saturated heterocycles. The Balaban J connectivity index is 2.69. The monoisotopic (exact) mass is 257 g/mol. The minimum absolute atomic E-state index is 0.0609. The predicted molar refractivity (Wildman–Crippen MR) is 67.1 cm³/mol. The Hall–Kier alpha value is -1.10. The van der Waals surface area contributed by atoms with E-state index in [1.807, 2.05) is 25.7 Å². The molecule has 18 heavy (non-hydrogen) atoms. The molecule has 5 nitrogen and oxygen atoms in total. The standard InChI is InChI=1S/C13H23NO4/c1-13(2,3)18-12(16)10(9-11(15)17-4)14-7-5-6-8-14/h10H,5-9H2,1-4H3/t10-/m0/s1. The fourth-order valence-corrected chi connectivity index (χ4v) is 2.03. The normalized spacial score (nSPS) is 18.4. The molecule has 0 bridgehead atoms. The van der Waals surface area contributed by atoms with Gasteiger partial charge in [-0.1, -0.05) is 0 Å². The van der Waals surface area contributed by atoms with Crippen LogP contribution in [-0.2, 0) is 19.1 Å². The summed E-state index contributed by atoms with van der Waals surface area (Å²) in [5.74, 6) is -0.715. The molecule has 1 aliphatic heterocycles. The number of rotatable bonds is 4. The summed E-state index contributed by atoms with van der Waals surface area (Å²) in [6.07, 6.45) is 2.17. The van der Waals surface area contributed by atoms with Crippen molar-refractivity contribution >= 4 is 11.9 Å². The number of hydrogen-bond donors (Lipinski definition) is 0. The number of nitrogens with zero attached hydrogens (tertiary/aromatic N) is 1. The summed E-state index contributed by atoms with van der Waals surface area (Å²) in [6, 6.07) is -0.515. The van der Waals surface area contributed by atoms with Crippen molar-refractivity contribution in [1.82, 2.24) is 4.90 Å². The average molecular weight is 257 g/mol. The van der Waals surface area contributed by atoms with E-state index in [0.29, 0.717) is 0 Å². The summed E-state index contributed by atoms with van der Waals surface area (Å²) in [7, 11) is 1.33. The molecule has 1 atom stereocenters. The zero-order valence-electron chi connectivity index (χ0n) is 11.7. The van der Waals surface area contributed by atoms with E-state index in [1.165, 1.54) is 7.11 Å². The molecule has 1 aliphatic rings. The van der Waals surface area contributed by atoms with Crippen molar-refractivity contribution < 1.29 is 19.1 Å². The Kier molecular flexibility index (Phi) is 5.14. The van der Waals surface area contributed by atoms with Gasteiger partial charge in [0.05, 0.1) is 13.5 Å². The van der Waals surface area contributed by atoms with Gasteiger partial charge < -0.3 is 9.47 Å². The summed E-state index contributed by atoms with van der Waals surface area (Å²) < 4.78 is 10.0. The SMILES string of the molecule is COC(=O)C[C@@H](C(=O)OC(C)(C)C)N1CCCC1. The molecule has 0 radical (unpaired) electrons. The van der Waals surface area contributed by atoms with Gasteiger partial charge in [0.15, 0.2) is 0 Å². The summed E-state index contributed by atoms with van der Waals surface area (Å²) in [4.78, 5) is 25.5. The van der Waals surface area contributed by atoms with Crippen molar-refractivity contribution in [2.24, 2.45) is 0 Å². The van der Waals surface area contributed by atoms with Crippen molar-refractivity contribution in [3.63, 3.8) is 0 Å². The van der Waals surface area contributed by atoms with Gasteiger partial charge in [0, 0.05) is 0 Å². The van der Waals surface area contributed by atoms with Crippen molar-refractivity contribution in [1.29, 1.82) is 0 Å². The molecule has 0 spiro atoms. The molecule has 0 aliphatic carbocycles. The van der Waals surface area contributed by atoms with Gasteiger partial charge in [-0.3, -0.25) is 14.5 Å². The average Bonchev–Trinajstić information content (AvgIpc) is 2.75. The van der Waals surface area contributed by atoms with Gasteiger partial charge in [-0.15, -0.1) is 0 Å². The van der Waals surface area contributed by atoms with Crippen LogP contribution in [0, 0.1) is 0 Å². The van der Waals surface area contributed by atoms with E-state index in [2.05, 4.69) is 4.74 Å². The zero-order chi connectivity index (χ0) is 13.8. The second-order valence-corrected chi connectivity index (χ2v) is 5.57. The lowest BCUT2D eigenvalue weighted by Gasteiger charge is -2.28. The highest BCUT2D eigenvalue weighted by Crippen LogP contribution is 2.18. The lowest BCUT2D eigenvalue weighted by molar-refractivity contribution is -0.164. The number of carbonyl (C=O) groups is 2. The second kappa shape index (κ2) is 6.18. The molecule has 0 saturated carbocycles. The number of likely N-dealkylation sites (tertiary alicyclic amines) is 1. The number of carbonyl (C=O) groups excluding carboxylic acids is 2. The lowest BCUT2D eigenvalue weighted by atomic mass is 10.1. The Morgan fingerprint density at radius 1 is 1.22 bits per heavy atom. The minimum atomic E-state index is -0.537. The predicted octanol–water partition coefficient (Wildman–Crippen LogP) is 1.36. The maximum absolute atomic E-state index is 12.1. The fraction of sp³-hybridized carbons (Fsp3) is 0.846. The Morgan fingerprint density at radius 3 is 2.22 bits per heavy atom. The molecule has 104 valence electrons. The van der Waals surface area contributed by atoms with Crippen LogP contribution in [0.2, 0.25) is 0 Å². The molecular weight excluding hydrogens is 234 g/mol. The van der Waals surface area contributed by atoms with E-state index >= 15 is 0 Å². The van der Waals surface area contributed by atoms with Gasteiger partial charge >= 0.3 is 11.9 Å². The number of hydrogen-bond acceptors (Lipinski definition) is 5. The summed E-state index contributed by atoms with van der Waals surface area (Å²) in [6.45, 7) is 7.14. The van der Waals surface area contributed by atoms with Crippen molar-refractivity contribution in [3.05, 3.63) is 0 Å². The molecule has 1 rings (SSSR count). The van der Waals surface area contributed by atoms with Crippen molar-refractivity contribution in [2.45, 2.75) is 51.7 Å². The first-order valence-electron chi connectivity index (χ1n) is 6.37.